The minimum atomic E-state index is -0.559. The van der Waals surface area contributed by atoms with E-state index in [1.54, 1.807) is 0 Å². The predicted molar refractivity (Wildman–Crippen MR) is 73.0 cm³/mol. The normalized spacial score (nSPS) is 22.1. The average Bonchev–Trinajstić information content (AvgIpc) is 2.48. The van der Waals surface area contributed by atoms with Crippen molar-refractivity contribution in [3.8, 4) is 5.88 Å². The Morgan fingerprint density at radius 3 is 2.65 bits per heavy atom. The summed E-state index contributed by atoms with van der Waals surface area (Å²) in [7, 11) is 1.28. The summed E-state index contributed by atoms with van der Waals surface area (Å²) in [6.07, 6.45) is 6.23. The number of aldehydes is 1. The summed E-state index contributed by atoms with van der Waals surface area (Å²) in [6.45, 7) is 2.23. The van der Waals surface area contributed by atoms with Gasteiger partial charge in [0.2, 0.25) is 5.88 Å². The van der Waals surface area contributed by atoms with Crippen LogP contribution in [0.15, 0.2) is 12.3 Å². The summed E-state index contributed by atoms with van der Waals surface area (Å²) in [4.78, 5) is 26.9. The highest BCUT2D eigenvalue weighted by atomic mass is 16.5. The van der Waals surface area contributed by atoms with Gasteiger partial charge >= 0.3 is 5.97 Å². The number of pyridine rings is 1. The Kier molecular flexibility index (Phi) is 4.71. The minimum absolute atomic E-state index is 0.0605. The monoisotopic (exact) mass is 277 g/mol. The van der Waals surface area contributed by atoms with Crippen LogP contribution < -0.4 is 4.74 Å². The number of nitrogens with zero attached hydrogens (tertiary/aromatic N) is 1. The Labute approximate surface area is 118 Å². The molecular formula is C15H19NO4. The van der Waals surface area contributed by atoms with Crippen molar-refractivity contribution >= 4 is 12.3 Å². The van der Waals surface area contributed by atoms with E-state index < -0.39 is 5.97 Å². The maximum atomic E-state index is 11.6. The van der Waals surface area contributed by atoms with Crippen molar-refractivity contribution in [2.75, 3.05) is 7.11 Å². The lowest BCUT2D eigenvalue weighted by atomic mass is 9.89. The molecular weight excluding hydrogens is 258 g/mol. The molecule has 1 saturated carbocycles. The van der Waals surface area contributed by atoms with Gasteiger partial charge in [-0.15, -0.1) is 0 Å². The first-order valence-electron chi connectivity index (χ1n) is 6.84. The van der Waals surface area contributed by atoms with E-state index in [0.29, 0.717) is 6.29 Å². The van der Waals surface area contributed by atoms with Crippen LogP contribution >= 0.6 is 0 Å². The van der Waals surface area contributed by atoms with Crippen molar-refractivity contribution in [3.05, 3.63) is 23.4 Å². The quantitative estimate of drug-likeness (QED) is 0.625. The summed E-state index contributed by atoms with van der Waals surface area (Å²) in [5, 5.41) is 0. The molecule has 0 spiro atoms. The molecule has 1 heterocycles. The summed E-state index contributed by atoms with van der Waals surface area (Å²) in [6, 6.07) is 1.46. The van der Waals surface area contributed by atoms with E-state index in [0.717, 1.165) is 31.6 Å². The number of esters is 1. The average molecular weight is 277 g/mol. The molecule has 0 aromatic carbocycles. The molecule has 0 saturated heterocycles. The largest absolute Gasteiger partial charge is 0.474 e. The maximum absolute atomic E-state index is 11.6. The van der Waals surface area contributed by atoms with Gasteiger partial charge in [0.1, 0.15) is 6.10 Å². The third-order valence-corrected chi connectivity index (χ3v) is 3.72. The minimum Gasteiger partial charge on any atom is -0.474 e. The zero-order chi connectivity index (χ0) is 14.5. The maximum Gasteiger partial charge on any atom is 0.338 e. The van der Waals surface area contributed by atoms with Crippen LogP contribution in [0.25, 0.3) is 0 Å². The Morgan fingerprint density at radius 2 is 2.05 bits per heavy atom. The Hall–Kier alpha value is -1.91. The molecule has 0 aliphatic heterocycles. The van der Waals surface area contributed by atoms with Crippen LogP contribution in [-0.4, -0.2) is 30.5 Å². The molecule has 0 unspecified atom stereocenters. The molecule has 0 N–H and O–H groups in total. The second-order valence-corrected chi connectivity index (χ2v) is 5.19. The molecule has 1 fully saturated rings. The second kappa shape index (κ2) is 6.50. The Bertz CT molecular complexity index is 493. The highest BCUT2D eigenvalue weighted by molar-refractivity contribution is 5.99. The van der Waals surface area contributed by atoms with Gasteiger partial charge in [-0.3, -0.25) is 4.79 Å². The Morgan fingerprint density at radius 1 is 1.35 bits per heavy atom. The Balaban J connectivity index is 2.19. The zero-order valence-electron chi connectivity index (χ0n) is 11.8. The number of rotatable bonds is 4. The van der Waals surface area contributed by atoms with E-state index >= 15 is 0 Å². The number of ether oxygens (including phenoxy) is 2. The van der Waals surface area contributed by atoms with Gasteiger partial charge in [-0.05, 0) is 37.7 Å². The van der Waals surface area contributed by atoms with Gasteiger partial charge < -0.3 is 9.47 Å². The van der Waals surface area contributed by atoms with Crippen LogP contribution in [0.4, 0.5) is 0 Å². The summed E-state index contributed by atoms with van der Waals surface area (Å²) >= 11 is 0. The van der Waals surface area contributed by atoms with Gasteiger partial charge in [-0.1, -0.05) is 6.92 Å². The molecule has 108 valence electrons. The molecule has 0 atom stereocenters. The summed E-state index contributed by atoms with van der Waals surface area (Å²) in [5.74, 6) is 0.383. The van der Waals surface area contributed by atoms with Crippen LogP contribution in [0, 0.1) is 5.92 Å². The van der Waals surface area contributed by atoms with Gasteiger partial charge in [0.15, 0.2) is 6.29 Å². The van der Waals surface area contributed by atoms with Crippen LogP contribution in [0.1, 0.15) is 53.3 Å². The SMILES string of the molecule is COC(=O)c1ccnc(OC2CCC(C)CC2)c1C=O. The molecule has 1 aromatic rings. The standard InChI is InChI=1S/C15H19NO4/c1-10-3-5-11(6-4-10)20-14-13(9-17)12(7-8-16-14)15(18)19-2/h7-11H,3-6H2,1-2H3. The fourth-order valence-corrected chi connectivity index (χ4v) is 2.46. The lowest BCUT2D eigenvalue weighted by molar-refractivity contribution is 0.0596. The summed E-state index contributed by atoms with van der Waals surface area (Å²) < 4.78 is 10.5. The van der Waals surface area contributed by atoms with Crippen molar-refractivity contribution in [1.29, 1.82) is 0 Å². The molecule has 5 nitrogen and oxygen atoms in total. The molecule has 5 heteroatoms. The van der Waals surface area contributed by atoms with Crippen LogP contribution in [-0.2, 0) is 4.74 Å². The third kappa shape index (κ3) is 3.15. The molecule has 1 aliphatic rings. The van der Waals surface area contributed by atoms with Crippen molar-refractivity contribution in [2.24, 2.45) is 5.92 Å². The van der Waals surface area contributed by atoms with Gasteiger partial charge in [0, 0.05) is 6.20 Å². The number of hydrogen-bond acceptors (Lipinski definition) is 5. The van der Waals surface area contributed by atoms with E-state index in [1.807, 2.05) is 0 Å². The van der Waals surface area contributed by atoms with Gasteiger partial charge in [0.25, 0.3) is 0 Å². The molecule has 1 aliphatic carbocycles. The highest BCUT2D eigenvalue weighted by Gasteiger charge is 2.23. The summed E-state index contributed by atoms with van der Waals surface area (Å²) in [5.41, 5.74) is 0.356. The smallest absolute Gasteiger partial charge is 0.338 e. The predicted octanol–water partition coefficient (Wildman–Crippen LogP) is 2.64. The highest BCUT2D eigenvalue weighted by Crippen LogP contribution is 2.28. The van der Waals surface area contributed by atoms with Crippen LogP contribution in [0.3, 0.4) is 0 Å². The number of aromatic nitrogens is 1. The first-order chi connectivity index (χ1) is 9.65. The lowest BCUT2D eigenvalue weighted by Crippen LogP contribution is -2.24. The lowest BCUT2D eigenvalue weighted by Gasteiger charge is -2.26. The number of carbonyl (C=O) groups is 2. The van der Waals surface area contributed by atoms with Crippen molar-refractivity contribution in [1.82, 2.24) is 4.98 Å². The van der Waals surface area contributed by atoms with Gasteiger partial charge in [-0.2, -0.15) is 0 Å². The number of carbonyl (C=O) groups excluding carboxylic acids is 2. The van der Waals surface area contributed by atoms with Crippen LogP contribution in [0.5, 0.6) is 5.88 Å². The van der Waals surface area contributed by atoms with Crippen molar-refractivity contribution in [2.45, 2.75) is 38.7 Å². The van der Waals surface area contributed by atoms with E-state index in [4.69, 9.17) is 4.74 Å². The van der Waals surface area contributed by atoms with E-state index in [1.165, 1.54) is 19.4 Å². The molecule has 0 radical (unpaired) electrons. The fourth-order valence-electron chi connectivity index (χ4n) is 2.46. The molecule has 0 bridgehead atoms. The second-order valence-electron chi connectivity index (χ2n) is 5.19. The van der Waals surface area contributed by atoms with Crippen molar-refractivity contribution in [3.63, 3.8) is 0 Å². The molecule has 0 amide bonds. The molecule has 1 aromatic heterocycles. The van der Waals surface area contributed by atoms with Crippen LogP contribution in [0.2, 0.25) is 0 Å². The molecule has 2 rings (SSSR count). The first kappa shape index (κ1) is 14.5. The number of methoxy groups -OCH3 is 1. The topological polar surface area (TPSA) is 65.5 Å². The van der Waals surface area contributed by atoms with E-state index in [2.05, 4.69) is 16.6 Å². The van der Waals surface area contributed by atoms with E-state index in [9.17, 15) is 9.59 Å². The molecule has 20 heavy (non-hydrogen) atoms. The number of hydrogen-bond donors (Lipinski definition) is 0. The fraction of sp³-hybridized carbons (Fsp3) is 0.533. The van der Waals surface area contributed by atoms with Crippen molar-refractivity contribution < 1.29 is 19.1 Å². The van der Waals surface area contributed by atoms with E-state index in [-0.39, 0.29) is 23.1 Å². The van der Waals surface area contributed by atoms with Gasteiger partial charge in [-0.25, -0.2) is 9.78 Å². The third-order valence-electron chi connectivity index (χ3n) is 3.72. The van der Waals surface area contributed by atoms with Gasteiger partial charge in [0.05, 0.1) is 18.2 Å². The zero-order valence-corrected chi connectivity index (χ0v) is 11.8. The first-order valence-corrected chi connectivity index (χ1v) is 6.84.